The first kappa shape index (κ1) is 20.4. The summed E-state index contributed by atoms with van der Waals surface area (Å²) in [5.74, 6) is 0.862. The molecule has 4 heteroatoms. The third-order valence-corrected chi connectivity index (χ3v) is 9.49. The minimum atomic E-state index is -1.90. The van der Waals surface area contributed by atoms with Crippen molar-refractivity contribution in [3.8, 4) is 5.75 Å². The van der Waals surface area contributed by atoms with Crippen molar-refractivity contribution in [1.29, 1.82) is 0 Å². The molecule has 0 fully saturated rings. The molecule has 0 bridgehead atoms. The second-order valence-electron chi connectivity index (χ2n) is 8.05. The predicted octanol–water partition coefficient (Wildman–Crippen LogP) is 6.03. The topological polar surface area (TPSA) is 30.8 Å². The highest BCUT2D eigenvalue weighted by Gasteiger charge is 2.39. The van der Waals surface area contributed by atoms with E-state index in [1.807, 2.05) is 36.5 Å². The van der Waals surface area contributed by atoms with E-state index >= 15 is 0 Å². The summed E-state index contributed by atoms with van der Waals surface area (Å²) in [6.45, 7) is 12.0. The van der Waals surface area contributed by atoms with E-state index in [1.54, 1.807) is 7.11 Å². The van der Waals surface area contributed by atoms with E-state index in [0.717, 1.165) is 16.9 Å². The highest BCUT2D eigenvalue weighted by atomic mass is 28.4. The average molecular weight is 370 g/mol. The smallest absolute Gasteiger partial charge is 0.193 e. The largest absolute Gasteiger partial charge is 0.497 e. The Bertz CT molecular complexity index is 703. The van der Waals surface area contributed by atoms with Crippen LogP contribution in [0.3, 0.4) is 0 Å². The van der Waals surface area contributed by atoms with Gasteiger partial charge in [0.2, 0.25) is 0 Å². The maximum atomic E-state index is 6.63. The zero-order valence-electron chi connectivity index (χ0n) is 16.8. The summed E-state index contributed by atoms with van der Waals surface area (Å²) >= 11 is 0. The molecule has 0 unspecified atom stereocenters. The molecule has 2 rings (SSSR count). The summed E-state index contributed by atoms with van der Waals surface area (Å²) < 4.78 is 11.8. The summed E-state index contributed by atoms with van der Waals surface area (Å²) in [6.07, 6.45) is 1.84. The molecule has 0 aromatic heterocycles. The van der Waals surface area contributed by atoms with E-state index in [-0.39, 0.29) is 11.1 Å². The molecule has 3 nitrogen and oxygen atoms in total. The van der Waals surface area contributed by atoms with Crippen LogP contribution in [-0.4, -0.2) is 21.6 Å². The first-order chi connectivity index (χ1) is 12.2. The number of methoxy groups -OCH3 is 1. The average Bonchev–Trinajstić information content (AvgIpc) is 2.61. The van der Waals surface area contributed by atoms with E-state index in [4.69, 9.17) is 9.16 Å². The van der Waals surface area contributed by atoms with Crippen LogP contribution in [0, 0.1) is 0 Å². The lowest BCUT2D eigenvalue weighted by Gasteiger charge is -2.38. The van der Waals surface area contributed by atoms with Crippen molar-refractivity contribution in [2.24, 2.45) is 4.99 Å². The first-order valence-corrected chi connectivity index (χ1v) is 12.0. The molecule has 0 heterocycles. The van der Waals surface area contributed by atoms with Crippen molar-refractivity contribution in [1.82, 2.24) is 0 Å². The minimum Gasteiger partial charge on any atom is -0.497 e. The Hall–Kier alpha value is -1.91. The van der Waals surface area contributed by atoms with E-state index in [1.165, 1.54) is 0 Å². The molecule has 0 aliphatic carbocycles. The van der Waals surface area contributed by atoms with Crippen molar-refractivity contribution in [3.63, 3.8) is 0 Å². The van der Waals surface area contributed by atoms with Gasteiger partial charge in [0.05, 0.1) is 13.7 Å². The summed E-state index contributed by atoms with van der Waals surface area (Å²) in [6, 6.07) is 18.4. The summed E-state index contributed by atoms with van der Waals surface area (Å²) in [5, 5.41) is 0.157. The number of benzene rings is 2. The van der Waals surface area contributed by atoms with Crippen LogP contribution in [0.25, 0.3) is 0 Å². The number of rotatable bonds is 7. The number of ether oxygens (including phenoxy) is 1. The van der Waals surface area contributed by atoms with Crippen molar-refractivity contribution >= 4 is 14.5 Å². The molecule has 0 aliphatic heterocycles. The van der Waals surface area contributed by atoms with Gasteiger partial charge in [0.15, 0.2) is 8.32 Å². The fourth-order valence-corrected chi connectivity index (χ4v) is 3.49. The first-order valence-electron chi connectivity index (χ1n) is 9.08. The maximum Gasteiger partial charge on any atom is 0.193 e. The molecule has 26 heavy (non-hydrogen) atoms. The number of aliphatic imine (C=N–C) groups is 1. The lowest BCUT2D eigenvalue weighted by atomic mass is 10.1. The molecule has 0 aliphatic rings. The van der Waals surface area contributed by atoms with E-state index in [2.05, 4.69) is 63.1 Å². The van der Waals surface area contributed by atoms with Gasteiger partial charge in [-0.1, -0.05) is 63.2 Å². The van der Waals surface area contributed by atoms with Crippen molar-refractivity contribution in [2.75, 3.05) is 7.11 Å². The van der Waals surface area contributed by atoms with E-state index in [0.29, 0.717) is 6.54 Å². The van der Waals surface area contributed by atoms with Gasteiger partial charge in [-0.3, -0.25) is 4.99 Å². The highest BCUT2D eigenvalue weighted by Crippen LogP contribution is 2.39. The van der Waals surface area contributed by atoms with Gasteiger partial charge >= 0.3 is 0 Å². The Morgan fingerprint density at radius 3 is 2.15 bits per heavy atom. The van der Waals surface area contributed by atoms with Crippen LogP contribution in [0.5, 0.6) is 5.75 Å². The summed E-state index contributed by atoms with van der Waals surface area (Å²) in [5.41, 5.74) is 2.30. The molecule has 2 aromatic carbocycles. The maximum absolute atomic E-state index is 6.63. The molecule has 2 aromatic rings. The fraction of sp³-hybridized carbons (Fsp3) is 0.409. The molecule has 0 radical (unpaired) electrons. The zero-order chi connectivity index (χ0) is 19.2. The van der Waals surface area contributed by atoms with E-state index in [9.17, 15) is 0 Å². The standard InChI is InChI=1S/C22H31NO2Si/c1-22(2,3)26(5,6)25-21(19-10-8-7-9-11-19)17-23-16-18-12-14-20(24-4)15-13-18/h7-15,17,21H,16H2,1-6H3/t21-/m0/s1. The van der Waals surface area contributed by atoms with Crippen LogP contribution in [0.15, 0.2) is 59.6 Å². The molecular formula is C22H31NO2Si. The summed E-state index contributed by atoms with van der Waals surface area (Å²) in [4.78, 5) is 4.67. The Morgan fingerprint density at radius 2 is 1.62 bits per heavy atom. The second-order valence-corrected chi connectivity index (χ2v) is 12.8. The molecular weight excluding hydrogens is 338 g/mol. The van der Waals surface area contributed by atoms with Gasteiger partial charge in [0.1, 0.15) is 11.9 Å². The highest BCUT2D eigenvalue weighted by molar-refractivity contribution is 6.74. The quantitative estimate of drug-likeness (QED) is 0.441. The minimum absolute atomic E-state index is 0.115. The number of hydrogen-bond donors (Lipinski definition) is 0. The molecule has 0 saturated carbocycles. The molecule has 0 N–H and O–H groups in total. The zero-order valence-corrected chi connectivity index (χ0v) is 17.8. The van der Waals surface area contributed by atoms with Crippen molar-refractivity contribution < 1.29 is 9.16 Å². The monoisotopic (exact) mass is 369 g/mol. The lowest BCUT2D eigenvalue weighted by molar-refractivity contribution is 0.250. The lowest BCUT2D eigenvalue weighted by Crippen LogP contribution is -2.42. The van der Waals surface area contributed by atoms with Gasteiger partial charge in [-0.05, 0) is 41.4 Å². The second kappa shape index (κ2) is 8.65. The van der Waals surface area contributed by atoms with E-state index < -0.39 is 8.32 Å². The molecule has 0 spiro atoms. The third kappa shape index (κ3) is 5.54. The normalized spacial score (nSPS) is 13.8. The molecule has 0 amide bonds. The predicted molar refractivity (Wildman–Crippen MR) is 113 cm³/mol. The van der Waals surface area contributed by atoms with Gasteiger partial charge in [-0.15, -0.1) is 0 Å². The Labute approximate surface area is 159 Å². The number of hydrogen-bond acceptors (Lipinski definition) is 3. The van der Waals surface area contributed by atoms with Gasteiger partial charge in [-0.25, -0.2) is 0 Å². The molecule has 140 valence electrons. The SMILES string of the molecule is COc1ccc(CN=C[C@H](O[Si](C)(C)C(C)(C)C)c2ccccc2)cc1. The third-order valence-electron chi connectivity index (χ3n) is 5.03. The van der Waals surface area contributed by atoms with Crippen LogP contribution in [0.1, 0.15) is 38.0 Å². The van der Waals surface area contributed by atoms with Gasteiger partial charge in [0, 0.05) is 6.21 Å². The van der Waals surface area contributed by atoms with Crippen LogP contribution in [0.4, 0.5) is 0 Å². The molecule has 1 atom stereocenters. The Balaban J connectivity index is 2.15. The fourth-order valence-electron chi connectivity index (χ4n) is 2.31. The molecule has 0 saturated heterocycles. The van der Waals surface area contributed by atoms with Gasteiger partial charge in [0.25, 0.3) is 0 Å². The van der Waals surface area contributed by atoms with Crippen LogP contribution in [0.2, 0.25) is 18.1 Å². The van der Waals surface area contributed by atoms with Crippen LogP contribution >= 0.6 is 0 Å². The van der Waals surface area contributed by atoms with Crippen molar-refractivity contribution in [3.05, 3.63) is 65.7 Å². The summed E-state index contributed by atoms with van der Waals surface area (Å²) in [7, 11) is -0.224. The van der Waals surface area contributed by atoms with Gasteiger partial charge in [-0.2, -0.15) is 0 Å². The number of nitrogens with zero attached hydrogens (tertiary/aromatic N) is 1. The van der Waals surface area contributed by atoms with Gasteiger partial charge < -0.3 is 9.16 Å². The van der Waals surface area contributed by atoms with Crippen molar-refractivity contribution in [2.45, 2.75) is 51.6 Å². The van der Waals surface area contributed by atoms with Crippen LogP contribution in [-0.2, 0) is 11.0 Å². The van der Waals surface area contributed by atoms with Crippen LogP contribution < -0.4 is 4.74 Å². The Morgan fingerprint density at radius 1 is 1.00 bits per heavy atom. The Kier molecular flexibility index (Phi) is 6.79.